The Morgan fingerprint density at radius 1 is 1.30 bits per heavy atom. The minimum absolute atomic E-state index is 0.0652. The molecule has 0 amide bonds. The average Bonchev–Trinajstić information content (AvgIpc) is 2.35. The molecule has 0 saturated carbocycles. The maximum atomic E-state index is 11.6. The van der Waals surface area contributed by atoms with Crippen molar-refractivity contribution in [2.45, 2.75) is 65.0 Å². The summed E-state index contributed by atoms with van der Waals surface area (Å²) in [4.78, 5) is 16.7. The number of hydrogen-bond donors (Lipinski definition) is 0. The predicted molar refractivity (Wildman–Crippen MR) is 86.6 cm³/mol. The van der Waals surface area contributed by atoms with Gasteiger partial charge < -0.3 is 4.74 Å². The lowest BCUT2D eigenvalue weighted by atomic mass is 10.0. The van der Waals surface area contributed by atoms with Gasteiger partial charge >= 0.3 is 5.97 Å². The Morgan fingerprint density at radius 2 is 1.95 bits per heavy atom. The highest BCUT2D eigenvalue weighted by Gasteiger charge is 2.37. The quantitative estimate of drug-likeness (QED) is 0.575. The molecule has 1 heterocycles. The summed E-state index contributed by atoms with van der Waals surface area (Å²) in [5, 5.41) is 0. The van der Waals surface area contributed by atoms with Gasteiger partial charge in [-0.3, -0.25) is 14.6 Å². The second kappa shape index (κ2) is 7.57. The first kappa shape index (κ1) is 17.7. The van der Waals surface area contributed by atoms with Crippen LogP contribution in [-0.2, 0) is 9.53 Å². The Morgan fingerprint density at radius 3 is 2.45 bits per heavy atom. The molecule has 1 fully saturated rings. The molecule has 4 nitrogen and oxygen atoms in total. The lowest BCUT2D eigenvalue weighted by molar-refractivity contribution is -0.144. The smallest absolute Gasteiger partial charge is 0.307 e. The van der Waals surface area contributed by atoms with Gasteiger partial charge in [0.1, 0.15) is 0 Å². The van der Waals surface area contributed by atoms with E-state index >= 15 is 0 Å². The van der Waals surface area contributed by atoms with Crippen molar-refractivity contribution in [2.24, 2.45) is 0 Å². The van der Waals surface area contributed by atoms with E-state index in [1.54, 1.807) is 0 Å². The maximum Gasteiger partial charge on any atom is 0.307 e. The van der Waals surface area contributed by atoms with Crippen molar-refractivity contribution in [1.82, 2.24) is 9.80 Å². The number of carbonyl (C=O) groups is 1. The number of carbonyl (C=O) groups excluding carboxylic acids is 1. The van der Waals surface area contributed by atoms with Gasteiger partial charge in [-0.15, -0.1) is 0 Å². The summed E-state index contributed by atoms with van der Waals surface area (Å²) in [6.45, 7) is 17.2. The Balaban J connectivity index is 2.70. The summed E-state index contributed by atoms with van der Waals surface area (Å²) in [7, 11) is -0.847. The van der Waals surface area contributed by atoms with Crippen molar-refractivity contribution in [3.63, 3.8) is 0 Å². The Kier molecular flexibility index (Phi) is 6.68. The molecule has 1 saturated heterocycles. The Labute approximate surface area is 126 Å². The van der Waals surface area contributed by atoms with Crippen LogP contribution in [0.4, 0.5) is 0 Å². The summed E-state index contributed by atoms with van der Waals surface area (Å²) in [5.41, 5.74) is 0.199. The molecule has 1 atom stereocenters. The van der Waals surface area contributed by atoms with Gasteiger partial charge in [0.2, 0.25) is 0 Å². The maximum absolute atomic E-state index is 11.6. The van der Waals surface area contributed by atoms with Gasteiger partial charge in [-0.25, -0.2) is 0 Å². The standard InChI is InChI=1S/C15H32N2O2Si/c1-7-19-13(18)9-12-16-10-8-11-17(15(2,3)4)14(16)20(5)6/h14,20H,7-12H2,1-6H3. The van der Waals surface area contributed by atoms with Crippen LogP contribution >= 0.6 is 0 Å². The van der Waals surface area contributed by atoms with E-state index in [2.05, 4.69) is 43.7 Å². The van der Waals surface area contributed by atoms with Crippen molar-refractivity contribution in [3.8, 4) is 0 Å². The zero-order valence-electron chi connectivity index (χ0n) is 14.1. The first-order valence-corrected chi connectivity index (χ1v) is 10.9. The number of rotatable bonds is 5. The minimum Gasteiger partial charge on any atom is -0.466 e. The monoisotopic (exact) mass is 300 g/mol. The molecule has 0 spiro atoms. The SMILES string of the molecule is CCOC(=O)CCN1CCCN(C(C)(C)C)C1[SiH](C)C. The lowest BCUT2D eigenvalue weighted by Crippen LogP contribution is -2.64. The highest BCUT2D eigenvalue weighted by molar-refractivity contribution is 6.57. The fraction of sp³-hybridized carbons (Fsp3) is 0.933. The van der Waals surface area contributed by atoms with E-state index in [0.717, 1.165) is 13.1 Å². The molecule has 1 unspecified atom stereocenters. The fourth-order valence-electron chi connectivity index (χ4n) is 3.13. The minimum atomic E-state index is -0.847. The number of ether oxygens (including phenoxy) is 1. The van der Waals surface area contributed by atoms with Crippen molar-refractivity contribution in [1.29, 1.82) is 0 Å². The third-order valence-corrected chi connectivity index (χ3v) is 5.88. The highest BCUT2D eigenvalue weighted by Crippen LogP contribution is 2.25. The van der Waals surface area contributed by atoms with E-state index in [1.165, 1.54) is 13.0 Å². The summed E-state index contributed by atoms with van der Waals surface area (Å²) in [6, 6.07) is 0. The molecular weight excluding hydrogens is 268 g/mol. The van der Waals surface area contributed by atoms with E-state index < -0.39 is 8.80 Å². The number of hydrogen-bond acceptors (Lipinski definition) is 4. The predicted octanol–water partition coefficient (Wildman–Crippen LogP) is 2.10. The van der Waals surface area contributed by atoms with Gasteiger partial charge in [0, 0.05) is 31.0 Å². The molecule has 1 rings (SSSR count). The molecule has 118 valence electrons. The van der Waals surface area contributed by atoms with E-state index in [4.69, 9.17) is 4.74 Å². The molecule has 20 heavy (non-hydrogen) atoms. The summed E-state index contributed by atoms with van der Waals surface area (Å²) >= 11 is 0. The van der Waals surface area contributed by atoms with Crippen LogP contribution in [0, 0.1) is 0 Å². The van der Waals surface area contributed by atoms with E-state index in [1.807, 2.05) is 6.92 Å². The largest absolute Gasteiger partial charge is 0.466 e. The van der Waals surface area contributed by atoms with E-state index in [9.17, 15) is 4.79 Å². The molecule has 0 radical (unpaired) electrons. The highest BCUT2D eigenvalue weighted by atomic mass is 28.3. The van der Waals surface area contributed by atoms with Crippen LogP contribution in [0.25, 0.3) is 0 Å². The second-order valence-corrected chi connectivity index (χ2v) is 10.1. The van der Waals surface area contributed by atoms with Gasteiger partial charge in [-0.2, -0.15) is 0 Å². The molecule has 0 aliphatic carbocycles. The van der Waals surface area contributed by atoms with Crippen molar-refractivity contribution >= 4 is 14.8 Å². The van der Waals surface area contributed by atoms with Gasteiger partial charge in [0.05, 0.1) is 21.8 Å². The first-order valence-electron chi connectivity index (χ1n) is 7.93. The summed E-state index contributed by atoms with van der Waals surface area (Å²) < 4.78 is 5.05. The number of nitrogens with zero attached hydrogens (tertiary/aromatic N) is 2. The second-order valence-electron chi connectivity index (χ2n) is 6.97. The average molecular weight is 301 g/mol. The van der Waals surface area contributed by atoms with Gasteiger partial charge in [0.25, 0.3) is 0 Å². The van der Waals surface area contributed by atoms with Crippen LogP contribution in [0.2, 0.25) is 13.1 Å². The van der Waals surface area contributed by atoms with Crippen LogP contribution in [-0.4, -0.2) is 62.1 Å². The van der Waals surface area contributed by atoms with Crippen molar-refractivity contribution < 1.29 is 9.53 Å². The van der Waals surface area contributed by atoms with Crippen LogP contribution in [0.3, 0.4) is 0 Å². The molecule has 0 aromatic rings. The zero-order chi connectivity index (χ0) is 15.3. The third-order valence-electron chi connectivity index (χ3n) is 3.90. The van der Waals surface area contributed by atoms with Crippen LogP contribution in [0.15, 0.2) is 0 Å². The van der Waals surface area contributed by atoms with E-state index in [0.29, 0.717) is 18.8 Å². The molecule has 1 aliphatic heterocycles. The van der Waals surface area contributed by atoms with Gasteiger partial charge in [0.15, 0.2) is 0 Å². The molecule has 0 bridgehead atoms. The molecule has 0 N–H and O–H groups in total. The summed E-state index contributed by atoms with van der Waals surface area (Å²) in [5.74, 6) is 0.489. The van der Waals surface area contributed by atoms with Crippen LogP contribution in [0.5, 0.6) is 0 Å². The molecule has 0 aromatic heterocycles. The van der Waals surface area contributed by atoms with Gasteiger partial charge in [-0.1, -0.05) is 13.1 Å². The first-order chi connectivity index (χ1) is 9.27. The Hall–Kier alpha value is -0.393. The van der Waals surface area contributed by atoms with Gasteiger partial charge in [-0.05, 0) is 34.1 Å². The van der Waals surface area contributed by atoms with Crippen molar-refractivity contribution in [2.75, 3.05) is 26.2 Å². The Bertz CT molecular complexity index is 315. The van der Waals surface area contributed by atoms with Crippen molar-refractivity contribution in [3.05, 3.63) is 0 Å². The molecule has 0 aromatic carbocycles. The topological polar surface area (TPSA) is 32.8 Å². The fourth-order valence-corrected chi connectivity index (χ4v) is 5.59. The summed E-state index contributed by atoms with van der Waals surface area (Å²) in [6.07, 6.45) is 1.71. The number of esters is 1. The lowest BCUT2D eigenvalue weighted by Gasteiger charge is -2.51. The third kappa shape index (κ3) is 4.86. The molecule has 1 aliphatic rings. The molecular formula is C15H32N2O2Si. The van der Waals surface area contributed by atoms with E-state index in [-0.39, 0.29) is 11.5 Å². The zero-order valence-corrected chi connectivity index (χ0v) is 15.3. The van der Waals surface area contributed by atoms with Crippen LogP contribution < -0.4 is 0 Å². The van der Waals surface area contributed by atoms with Crippen LogP contribution in [0.1, 0.15) is 40.5 Å². The normalized spacial score (nSPS) is 22.2. The molecule has 5 heteroatoms.